The molecule has 3 N–H and O–H groups in total. The van der Waals surface area contributed by atoms with Crippen LogP contribution in [0.4, 0.5) is 22.2 Å². The predicted molar refractivity (Wildman–Crippen MR) is 137 cm³/mol. The van der Waals surface area contributed by atoms with Gasteiger partial charge in [-0.3, -0.25) is 0 Å². The van der Waals surface area contributed by atoms with Gasteiger partial charge in [-0.25, -0.2) is 14.0 Å². The highest BCUT2D eigenvalue weighted by molar-refractivity contribution is 7.93. The molecule has 1 aromatic carbocycles. The van der Waals surface area contributed by atoms with E-state index in [2.05, 4.69) is 31.0 Å². The number of nitrogens with zero attached hydrogens (tertiary/aromatic N) is 4. The highest BCUT2D eigenvalue weighted by Gasteiger charge is 2.13. The van der Waals surface area contributed by atoms with Crippen LogP contribution in [-0.2, 0) is 14.5 Å². The van der Waals surface area contributed by atoms with Crippen molar-refractivity contribution in [1.29, 1.82) is 5.26 Å². The van der Waals surface area contributed by atoms with Gasteiger partial charge in [0, 0.05) is 40.2 Å². The number of aromatic nitrogens is 2. The van der Waals surface area contributed by atoms with Gasteiger partial charge in [0.05, 0.1) is 29.0 Å². The Morgan fingerprint density at radius 1 is 1.31 bits per heavy atom. The lowest BCUT2D eigenvalue weighted by Crippen LogP contribution is -2.21. The molecule has 1 unspecified atom stereocenters. The topological polar surface area (TPSA) is 150 Å². The third kappa shape index (κ3) is 8.20. The van der Waals surface area contributed by atoms with Gasteiger partial charge < -0.3 is 20.5 Å². The fourth-order valence-corrected chi connectivity index (χ4v) is 3.85. The molecule has 0 bridgehead atoms. The average molecular weight is 499 g/mol. The number of allylic oxidation sites excluding steroid dienone is 4. The molecule has 0 spiro atoms. The molecule has 2 aromatic rings. The van der Waals surface area contributed by atoms with Crippen LogP contribution in [0.15, 0.2) is 57.4 Å². The van der Waals surface area contributed by atoms with Crippen molar-refractivity contribution in [3.05, 3.63) is 53.8 Å². The summed E-state index contributed by atoms with van der Waals surface area (Å²) in [5.41, 5.74) is 2.76. The Morgan fingerprint density at radius 2 is 2.00 bits per heavy atom. The zero-order valence-electron chi connectivity index (χ0n) is 20.4. The first kappa shape index (κ1) is 27.5. The number of ether oxygens (including phenoxy) is 1. The summed E-state index contributed by atoms with van der Waals surface area (Å²) in [4.78, 5) is 20.9. The smallest absolute Gasteiger partial charge is 0.442 e. The number of hydrogen-bond donors (Lipinski definition) is 3. The number of carbonyl (C=O) groups is 1. The summed E-state index contributed by atoms with van der Waals surface area (Å²) >= 11 is 0. The third-order valence-electron chi connectivity index (χ3n) is 4.69. The maximum absolute atomic E-state index is 12.8. The molecule has 1 amide bonds. The van der Waals surface area contributed by atoms with Gasteiger partial charge in [0.1, 0.15) is 5.82 Å². The van der Waals surface area contributed by atoms with Crippen LogP contribution in [0.5, 0.6) is 0 Å². The zero-order chi connectivity index (χ0) is 26.0. The van der Waals surface area contributed by atoms with E-state index in [0.717, 1.165) is 11.1 Å². The summed E-state index contributed by atoms with van der Waals surface area (Å²) in [6.07, 6.45) is 5.67. The van der Waals surface area contributed by atoms with Crippen LogP contribution in [0.25, 0.3) is 5.57 Å². The quantitative estimate of drug-likeness (QED) is 0.335. The minimum Gasteiger partial charge on any atom is -0.448 e. The van der Waals surface area contributed by atoms with E-state index in [9.17, 15) is 14.1 Å². The predicted octanol–water partition coefficient (Wildman–Crippen LogP) is 4.50. The average Bonchev–Trinajstić information content (AvgIpc) is 2.82. The summed E-state index contributed by atoms with van der Waals surface area (Å²) in [5.74, 6) is 0.821. The number of hydrogen-bond acceptors (Lipinski definition) is 9. The lowest BCUT2D eigenvalue weighted by Gasteiger charge is -2.17. The molecular weight excluding hydrogens is 468 g/mol. The van der Waals surface area contributed by atoms with E-state index >= 15 is 0 Å². The van der Waals surface area contributed by atoms with Gasteiger partial charge in [0.2, 0.25) is 5.95 Å². The summed E-state index contributed by atoms with van der Waals surface area (Å²) < 4.78 is 21.2. The molecule has 186 valence electrons. The fourth-order valence-electron chi connectivity index (χ4n) is 2.76. The summed E-state index contributed by atoms with van der Waals surface area (Å²) in [5, 5.41) is 24.7. The summed E-state index contributed by atoms with van der Waals surface area (Å²) in [7, 11) is -2.95. The number of benzene rings is 1. The first-order valence-electron chi connectivity index (χ1n) is 10.9. The van der Waals surface area contributed by atoms with Crippen LogP contribution in [0.1, 0.15) is 33.3 Å². The SMILES string of the molecule is CCOC(=O)N=S(C)(=O)c1ccc(Nc2ncc(/C(C)=C/C=C(\C)C#N)c(N[C@H](C)CO)n2)cc1. The van der Waals surface area contributed by atoms with E-state index in [1.54, 1.807) is 50.4 Å². The fraction of sp³-hybridized carbons (Fsp3) is 0.333. The van der Waals surface area contributed by atoms with Crippen molar-refractivity contribution in [2.75, 3.05) is 30.1 Å². The van der Waals surface area contributed by atoms with Gasteiger partial charge in [0.25, 0.3) is 0 Å². The Hall–Kier alpha value is -3.75. The minimum absolute atomic E-state index is 0.0863. The molecule has 0 saturated carbocycles. The molecule has 0 aliphatic heterocycles. The molecule has 0 aliphatic carbocycles. The second kappa shape index (κ2) is 12.6. The van der Waals surface area contributed by atoms with E-state index in [1.165, 1.54) is 6.26 Å². The molecule has 0 fully saturated rings. The highest BCUT2D eigenvalue weighted by atomic mass is 32.2. The second-order valence-corrected chi connectivity index (χ2v) is 10.00. The Labute approximate surface area is 205 Å². The summed E-state index contributed by atoms with van der Waals surface area (Å²) in [6.45, 7) is 7.13. The highest BCUT2D eigenvalue weighted by Crippen LogP contribution is 2.25. The maximum Gasteiger partial charge on any atom is 0.442 e. The number of carbonyl (C=O) groups excluding carboxylic acids is 1. The third-order valence-corrected chi connectivity index (χ3v) is 6.34. The Morgan fingerprint density at radius 3 is 2.60 bits per heavy atom. The van der Waals surface area contributed by atoms with E-state index in [4.69, 9.17) is 10.00 Å². The van der Waals surface area contributed by atoms with Crippen LogP contribution in [0, 0.1) is 11.3 Å². The standard InChI is InChI=1S/C24H30N6O4S/c1-6-34-24(32)30-35(5,33)20-11-9-19(10-12-20)28-23-26-14-21(17(3)8-7-16(2)13-25)22(29-23)27-18(4)15-31/h7-12,14,18,31H,6,15H2,1-5H3,(H2,26,27,28,29)/b16-7+,17-8+/t18-,35?/m1/s1. The number of amides is 1. The first-order valence-corrected chi connectivity index (χ1v) is 12.8. The van der Waals surface area contributed by atoms with Crippen LogP contribution >= 0.6 is 0 Å². The number of anilines is 3. The lowest BCUT2D eigenvalue weighted by atomic mass is 10.1. The van der Waals surface area contributed by atoms with Gasteiger partial charge in [-0.15, -0.1) is 4.36 Å². The Balaban J connectivity index is 2.33. The van der Waals surface area contributed by atoms with Crippen molar-refractivity contribution in [3.8, 4) is 6.07 Å². The zero-order valence-corrected chi connectivity index (χ0v) is 21.2. The summed E-state index contributed by atoms with van der Waals surface area (Å²) in [6, 6.07) is 8.39. The van der Waals surface area contributed by atoms with E-state index in [0.29, 0.717) is 27.9 Å². The van der Waals surface area contributed by atoms with Gasteiger partial charge >= 0.3 is 6.09 Å². The van der Waals surface area contributed by atoms with Crippen LogP contribution < -0.4 is 10.6 Å². The maximum atomic E-state index is 12.8. The Bertz CT molecular complexity index is 1270. The molecule has 0 radical (unpaired) electrons. The number of rotatable bonds is 9. The molecule has 10 nitrogen and oxygen atoms in total. The van der Waals surface area contributed by atoms with Crippen molar-refractivity contribution in [3.63, 3.8) is 0 Å². The first-order chi connectivity index (χ1) is 16.6. The van der Waals surface area contributed by atoms with Gasteiger partial charge in [-0.05, 0) is 63.6 Å². The minimum atomic E-state index is -2.95. The molecule has 1 heterocycles. The van der Waals surface area contributed by atoms with Gasteiger partial charge in [0.15, 0.2) is 0 Å². The molecule has 0 saturated heterocycles. The van der Waals surface area contributed by atoms with Crippen LogP contribution in [-0.4, -0.2) is 50.9 Å². The number of aliphatic hydroxyl groups is 1. The van der Waals surface area contributed by atoms with Crippen molar-refractivity contribution < 1.29 is 18.8 Å². The van der Waals surface area contributed by atoms with Crippen LogP contribution in [0.2, 0.25) is 0 Å². The molecule has 0 aliphatic rings. The monoisotopic (exact) mass is 498 g/mol. The van der Waals surface area contributed by atoms with E-state index in [-0.39, 0.29) is 19.3 Å². The molecule has 35 heavy (non-hydrogen) atoms. The molecule has 11 heteroatoms. The largest absolute Gasteiger partial charge is 0.448 e. The van der Waals surface area contributed by atoms with Crippen molar-refractivity contribution in [1.82, 2.24) is 9.97 Å². The van der Waals surface area contributed by atoms with Crippen molar-refractivity contribution >= 4 is 38.8 Å². The second-order valence-electron chi connectivity index (χ2n) is 7.74. The molecule has 1 aromatic heterocycles. The number of nitrogens with one attached hydrogen (secondary N) is 2. The van der Waals surface area contributed by atoms with E-state index in [1.807, 2.05) is 19.9 Å². The van der Waals surface area contributed by atoms with Crippen molar-refractivity contribution in [2.24, 2.45) is 4.36 Å². The Kier molecular flexibility index (Phi) is 9.93. The van der Waals surface area contributed by atoms with Gasteiger partial charge in [-0.1, -0.05) is 6.08 Å². The van der Waals surface area contributed by atoms with Crippen LogP contribution in [0.3, 0.4) is 0 Å². The molecule has 2 atom stereocenters. The number of nitriles is 1. The van der Waals surface area contributed by atoms with E-state index < -0.39 is 15.8 Å². The van der Waals surface area contributed by atoms with Gasteiger partial charge in [-0.2, -0.15) is 10.2 Å². The van der Waals surface area contributed by atoms with Crippen molar-refractivity contribution in [2.45, 2.75) is 38.6 Å². The number of aliphatic hydroxyl groups excluding tert-OH is 1. The normalized spacial score (nSPS) is 14.3. The molecule has 2 rings (SSSR count). The molecular formula is C24H30N6O4S. The lowest BCUT2D eigenvalue weighted by molar-refractivity contribution is 0.164.